The highest BCUT2D eigenvalue weighted by molar-refractivity contribution is 14.1. The van der Waals surface area contributed by atoms with E-state index >= 15 is 0 Å². The number of nitrogens with one attached hydrogen (secondary N) is 2. The molecule has 0 saturated carbocycles. The van der Waals surface area contributed by atoms with Gasteiger partial charge in [0.15, 0.2) is 0 Å². The molecule has 6 heteroatoms. The number of H-pyrrole nitrogens is 1. The highest BCUT2D eigenvalue weighted by Gasteiger charge is 2.09. The van der Waals surface area contributed by atoms with Gasteiger partial charge in [-0.1, -0.05) is 55.3 Å². The van der Waals surface area contributed by atoms with E-state index < -0.39 is 0 Å². The van der Waals surface area contributed by atoms with E-state index in [-0.39, 0.29) is 5.97 Å². The Morgan fingerprint density at radius 3 is 2.31 bits per heavy atom. The number of carbonyl (C=O) groups excluding carboxylic acids is 1. The molecule has 3 aromatic carbocycles. The third-order valence-corrected chi connectivity index (χ3v) is 5.83. The third kappa shape index (κ3) is 10.8. The number of hydrogen-bond acceptors (Lipinski definition) is 4. The molecule has 0 saturated heterocycles. The summed E-state index contributed by atoms with van der Waals surface area (Å²) in [4.78, 5) is 14.5. The number of esters is 1. The van der Waals surface area contributed by atoms with Gasteiger partial charge in [0, 0.05) is 14.5 Å². The maximum atomic E-state index is 11.4. The number of carbonyl (C=O) groups is 1. The Morgan fingerprint density at radius 2 is 1.69 bits per heavy atom. The molecule has 0 aliphatic heterocycles. The molecule has 0 spiro atoms. The van der Waals surface area contributed by atoms with Gasteiger partial charge in [0.1, 0.15) is 18.1 Å². The predicted octanol–water partition coefficient (Wildman–Crippen LogP) is 7.53. The molecule has 1 heterocycles. The first-order valence-electron chi connectivity index (χ1n) is 12.3. The van der Waals surface area contributed by atoms with E-state index in [9.17, 15) is 4.79 Å². The minimum absolute atomic E-state index is 0.300. The van der Waals surface area contributed by atoms with E-state index in [0.29, 0.717) is 18.9 Å². The van der Waals surface area contributed by atoms with Crippen LogP contribution in [0, 0.1) is 10.5 Å². The Hall–Kier alpha value is -2.84. The lowest BCUT2D eigenvalue weighted by Crippen LogP contribution is -2.06. The van der Waals surface area contributed by atoms with Crippen molar-refractivity contribution < 1.29 is 14.3 Å². The van der Waals surface area contributed by atoms with Crippen molar-refractivity contribution in [3.63, 3.8) is 0 Å². The number of ether oxygens (including phenoxy) is 2. The van der Waals surface area contributed by atoms with Crippen molar-refractivity contribution in [3.8, 4) is 5.75 Å². The first kappa shape index (κ1) is 29.4. The van der Waals surface area contributed by atoms with Crippen LogP contribution >= 0.6 is 22.6 Å². The SMILES string of the molecule is CCCCNC.CCOC(=O)c1cc2cc(C)ccc2[nH]1.Ic1ccc(OCc2ccccc2)cc1. The number of aryl methyl sites for hydroxylation is 1. The summed E-state index contributed by atoms with van der Waals surface area (Å²) in [5, 5.41) is 4.11. The van der Waals surface area contributed by atoms with Crippen LogP contribution in [0.2, 0.25) is 0 Å². The lowest BCUT2D eigenvalue weighted by Gasteiger charge is -2.05. The third-order valence-electron chi connectivity index (χ3n) is 5.11. The lowest BCUT2D eigenvalue weighted by atomic mass is 10.2. The number of unbranched alkanes of at least 4 members (excludes halogenated alkanes) is 1. The number of rotatable bonds is 8. The van der Waals surface area contributed by atoms with Crippen molar-refractivity contribution in [2.75, 3.05) is 20.2 Å². The normalized spacial score (nSPS) is 10.0. The highest BCUT2D eigenvalue weighted by atomic mass is 127. The van der Waals surface area contributed by atoms with Crippen LogP contribution < -0.4 is 10.1 Å². The molecule has 4 rings (SSSR count). The average Bonchev–Trinajstić information content (AvgIpc) is 3.32. The van der Waals surface area contributed by atoms with Crippen molar-refractivity contribution in [1.29, 1.82) is 0 Å². The molecular weight excluding hydrogens is 563 g/mol. The van der Waals surface area contributed by atoms with Gasteiger partial charge < -0.3 is 19.8 Å². The fourth-order valence-corrected chi connectivity index (χ4v) is 3.56. The molecule has 0 fully saturated rings. The topological polar surface area (TPSA) is 63.3 Å². The molecule has 4 aromatic rings. The Morgan fingerprint density at radius 1 is 0.972 bits per heavy atom. The number of aromatic amines is 1. The molecule has 0 amide bonds. The van der Waals surface area contributed by atoms with E-state index in [4.69, 9.17) is 9.47 Å². The molecule has 0 aliphatic rings. The maximum Gasteiger partial charge on any atom is 0.354 e. The van der Waals surface area contributed by atoms with E-state index in [1.807, 2.05) is 80.7 Å². The molecule has 0 bridgehead atoms. The quantitative estimate of drug-likeness (QED) is 0.125. The van der Waals surface area contributed by atoms with E-state index in [0.717, 1.165) is 23.2 Å². The van der Waals surface area contributed by atoms with Crippen LogP contribution in [-0.2, 0) is 11.3 Å². The number of benzene rings is 3. The second-order valence-corrected chi connectivity index (χ2v) is 9.43. The van der Waals surface area contributed by atoms with Gasteiger partial charge in [-0.15, -0.1) is 0 Å². The minimum atomic E-state index is -0.300. The van der Waals surface area contributed by atoms with Crippen molar-refractivity contribution in [3.05, 3.63) is 99.3 Å². The zero-order chi connectivity index (χ0) is 26.2. The molecule has 0 aliphatic carbocycles. The van der Waals surface area contributed by atoms with Crippen LogP contribution in [-0.4, -0.2) is 31.2 Å². The van der Waals surface area contributed by atoms with Gasteiger partial charge in [-0.25, -0.2) is 4.79 Å². The van der Waals surface area contributed by atoms with Gasteiger partial charge in [0.25, 0.3) is 0 Å². The fraction of sp³-hybridized carbons (Fsp3) is 0.300. The standard InChI is InChI=1S/C13H11IO.C12H13NO2.C5H13N/c14-12-6-8-13(9-7-12)15-10-11-4-2-1-3-5-11;1-3-15-12(14)11-7-9-6-8(2)4-5-10(9)13-11;1-3-4-5-6-2/h1-9H,10H2;4-7,13H,3H2,1-2H3;6H,3-5H2,1-2H3. The number of fused-ring (bicyclic) bond motifs is 1. The van der Waals surface area contributed by atoms with Crippen LogP contribution in [0.5, 0.6) is 5.75 Å². The molecule has 0 unspecified atom stereocenters. The maximum absolute atomic E-state index is 11.4. The monoisotopic (exact) mass is 600 g/mol. The largest absolute Gasteiger partial charge is 0.489 e. The number of halogens is 1. The van der Waals surface area contributed by atoms with Crippen molar-refractivity contribution in [2.45, 2.75) is 40.2 Å². The predicted molar refractivity (Wildman–Crippen MR) is 158 cm³/mol. The summed E-state index contributed by atoms with van der Waals surface area (Å²) in [7, 11) is 1.98. The highest BCUT2D eigenvalue weighted by Crippen LogP contribution is 2.17. The number of aromatic nitrogens is 1. The van der Waals surface area contributed by atoms with Crippen LogP contribution in [0.3, 0.4) is 0 Å². The van der Waals surface area contributed by atoms with Crippen LogP contribution in [0.15, 0.2) is 78.9 Å². The average molecular weight is 601 g/mol. The van der Waals surface area contributed by atoms with Gasteiger partial charge in [-0.05, 0) is 104 Å². The Balaban J connectivity index is 0.000000208. The molecule has 1 aromatic heterocycles. The van der Waals surface area contributed by atoms with Crippen molar-refractivity contribution >= 4 is 39.5 Å². The van der Waals surface area contributed by atoms with Gasteiger partial charge in [0.2, 0.25) is 0 Å². The van der Waals surface area contributed by atoms with Gasteiger partial charge in [0.05, 0.1) is 6.61 Å². The second-order valence-electron chi connectivity index (χ2n) is 8.18. The van der Waals surface area contributed by atoms with Gasteiger partial charge in [-0.3, -0.25) is 0 Å². The fourth-order valence-electron chi connectivity index (χ4n) is 3.20. The first-order valence-corrected chi connectivity index (χ1v) is 13.4. The summed E-state index contributed by atoms with van der Waals surface area (Å²) in [6, 6.07) is 26.1. The number of hydrogen-bond donors (Lipinski definition) is 2. The molecule has 0 radical (unpaired) electrons. The van der Waals surface area contributed by atoms with Gasteiger partial charge in [-0.2, -0.15) is 0 Å². The summed E-state index contributed by atoms with van der Waals surface area (Å²) in [6.45, 7) is 8.20. The Kier molecular flexibility index (Phi) is 13.7. The smallest absolute Gasteiger partial charge is 0.354 e. The summed E-state index contributed by atoms with van der Waals surface area (Å²) in [6.07, 6.45) is 2.59. The molecular formula is C30H37IN2O3. The van der Waals surface area contributed by atoms with E-state index in [2.05, 4.69) is 51.9 Å². The van der Waals surface area contributed by atoms with E-state index in [1.54, 1.807) is 6.92 Å². The van der Waals surface area contributed by atoms with E-state index in [1.165, 1.54) is 27.5 Å². The zero-order valence-corrected chi connectivity index (χ0v) is 23.8. The summed E-state index contributed by atoms with van der Waals surface area (Å²) in [5.74, 6) is 0.616. The summed E-state index contributed by atoms with van der Waals surface area (Å²) >= 11 is 2.28. The Labute approximate surface area is 228 Å². The molecule has 2 N–H and O–H groups in total. The second kappa shape index (κ2) is 16.8. The minimum Gasteiger partial charge on any atom is -0.489 e. The van der Waals surface area contributed by atoms with Crippen LogP contribution in [0.25, 0.3) is 10.9 Å². The summed E-state index contributed by atoms with van der Waals surface area (Å²) in [5.41, 5.74) is 3.84. The van der Waals surface area contributed by atoms with Crippen LogP contribution in [0.1, 0.15) is 48.3 Å². The molecule has 36 heavy (non-hydrogen) atoms. The Bertz CT molecular complexity index is 1150. The zero-order valence-electron chi connectivity index (χ0n) is 21.6. The van der Waals surface area contributed by atoms with Crippen molar-refractivity contribution in [1.82, 2.24) is 10.3 Å². The summed E-state index contributed by atoms with van der Waals surface area (Å²) < 4.78 is 11.8. The first-order chi connectivity index (χ1) is 17.5. The molecule has 192 valence electrons. The molecule has 5 nitrogen and oxygen atoms in total. The lowest BCUT2D eigenvalue weighted by molar-refractivity contribution is 0.0520. The van der Waals surface area contributed by atoms with Gasteiger partial charge >= 0.3 is 5.97 Å². The van der Waals surface area contributed by atoms with Crippen LogP contribution in [0.4, 0.5) is 0 Å². The van der Waals surface area contributed by atoms with Crippen molar-refractivity contribution in [2.24, 2.45) is 0 Å². The molecule has 0 atom stereocenters.